The molecule has 4 heteroatoms. The largest absolute Gasteiger partial charge is 0.392 e. The van der Waals surface area contributed by atoms with Crippen molar-refractivity contribution >= 4 is 11.6 Å². The number of hydrogen-bond acceptors (Lipinski definition) is 2. The second-order valence-corrected chi connectivity index (χ2v) is 3.71. The van der Waals surface area contributed by atoms with Crippen LogP contribution >= 0.6 is 11.6 Å². The van der Waals surface area contributed by atoms with Crippen molar-refractivity contribution in [2.24, 2.45) is 0 Å². The molecule has 0 atom stereocenters. The second-order valence-electron chi connectivity index (χ2n) is 3.31. The van der Waals surface area contributed by atoms with Crippen molar-refractivity contribution in [3.05, 3.63) is 46.7 Å². The van der Waals surface area contributed by atoms with E-state index in [0.717, 1.165) is 16.9 Å². The molecule has 0 aliphatic heterocycles. The SMILES string of the molecule is Cc1ccn(-c2c(Cl)cccc2CO)n1. The lowest BCUT2D eigenvalue weighted by atomic mass is 10.2. The molecule has 0 spiro atoms. The maximum atomic E-state index is 9.21. The van der Waals surface area contributed by atoms with Crippen molar-refractivity contribution in [2.45, 2.75) is 13.5 Å². The minimum atomic E-state index is -0.0468. The summed E-state index contributed by atoms with van der Waals surface area (Å²) in [4.78, 5) is 0. The Bertz CT molecular complexity index is 479. The molecular formula is C11H11ClN2O. The maximum absolute atomic E-state index is 9.21. The zero-order valence-electron chi connectivity index (χ0n) is 8.31. The van der Waals surface area contributed by atoms with Gasteiger partial charge in [0.05, 0.1) is 23.0 Å². The van der Waals surface area contributed by atoms with Crippen molar-refractivity contribution in [3.63, 3.8) is 0 Å². The lowest BCUT2D eigenvalue weighted by Gasteiger charge is -2.09. The molecule has 0 unspecified atom stereocenters. The second kappa shape index (κ2) is 4.04. The highest BCUT2D eigenvalue weighted by Gasteiger charge is 2.08. The lowest BCUT2D eigenvalue weighted by molar-refractivity contribution is 0.281. The number of benzene rings is 1. The Morgan fingerprint density at radius 3 is 2.80 bits per heavy atom. The molecular weight excluding hydrogens is 212 g/mol. The van der Waals surface area contributed by atoms with Gasteiger partial charge in [-0.15, -0.1) is 0 Å². The van der Waals surface area contributed by atoms with Gasteiger partial charge in [-0.1, -0.05) is 23.7 Å². The number of aromatic nitrogens is 2. The molecule has 0 radical (unpaired) electrons. The fourth-order valence-corrected chi connectivity index (χ4v) is 1.76. The monoisotopic (exact) mass is 222 g/mol. The smallest absolute Gasteiger partial charge is 0.0886 e. The van der Waals surface area contributed by atoms with Crippen LogP contribution in [0.1, 0.15) is 11.3 Å². The first-order valence-electron chi connectivity index (χ1n) is 4.63. The van der Waals surface area contributed by atoms with E-state index in [-0.39, 0.29) is 6.61 Å². The molecule has 0 bridgehead atoms. The fraction of sp³-hybridized carbons (Fsp3) is 0.182. The molecule has 0 saturated carbocycles. The van der Waals surface area contributed by atoms with E-state index < -0.39 is 0 Å². The number of rotatable bonds is 2. The number of para-hydroxylation sites is 1. The van der Waals surface area contributed by atoms with Gasteiger partial charge in [-0.25, -0.2) is 4.68 Å². The first-order valence-corrected chi connectivity index (χ1v) is 5.01. The predicted molar refractivity (Wildman–Crippen MR) is 59.2 cm³/mol. The molecule has 3 nitrogen and oxygen atoms in total. The summed E-state index contributed by atoms with van der Waals surface area (Å²) in [5, 5.41) is 14.1. The van der Waals surface area contributed by atoms with Crippen LogP contribution in [0.2, 0.25) is 5.02 Å². The minimum Gasteiger partial charge on any atom is -0.392 e. The van der Waals surface area contributed by atoms with Gasteiger partial charge in [0, 0.05) is 11.8 Å². The number of nitrogens with zero attached hydrogens (tertiary/aromatic N) is 2. The van der Waals surface area contributed by atoms with Crippen molar-refractivity contribution in [2.75, 3.05) is 0 Å². The van der Waals surface area contributed by atoms with Gasteiger partial charge in [-0.05, 0) is 19.1 Å². The van der Waals surface area contributed by atoms with Crippen LogP contribution in [0.5, 0.6) is 0 Å². The summed E-state index contributed by atoms with van der Waals surface area (Å²) in [7, 11) is 0. The molecule has 0 fully saturated rings. The summed E-state index contributed by atoms with van der Waals surface area (Å²) in [5.74, 6) is 0. The highest BCUT2D eigenvalue weighted by atomic mass is 35.5. The zero-order chi connectivity index (χ0) is 10.8. The average molecular weight is 223 g/mol. The molecule has 0 aliphatic carbocycles. The lowest BCUT2D eigenvalue weighted by Crippen LogP contribution is -2.01. The molecule has 15 heavy (non-hydrogen) atoms. The van der Waals surface area contributed by atoms with Crippen LogP contribution in [0.15, 0.2) is 30.5 Å². The van der Waals surface area contributed by atoms with E-state index in [1.165, 1.54) is 0 Å². The summed E-state index contributed by atoms with van der Waals surface area (Å²) in [6, 6.07) is 7.32. The van der Waals surface area contributed by atoms with Gasteiger partial charge in [-0.3, -0.25) is 0 Å². The summed E-state index contributed by atoms with van der Waals surface area (Å²) in [6.07, 6.45) is 1.83. The Balaban J connectivity index is 2.60. The van der Waals surface area contributed by atoms with Crippen LogP contribution in [0.25, 0.3) is 5.69 Å². The van der Waals surface area contributed by atoms with Crippen LogP contribution in [-0.2, 0) is 6.61 Å². The van der Waals surface area contributed by atoms with Gasteiger partial charge in [0.1, 0.15) is 0 Å². The summed E-state index contributed by atoms with van der Waals surface area (Å²) < 4.78 is 1.68. The molecule has 2 aromatic rings. The first-order chi connectivity index (χ1) is 7.22. The molecule has 1 N–H and O–H groups in total. The molecule has 1 heterocycles. The van der Waals surface area contributed by atoms with E-state index >= 15 is 0 Å². The predicted octanol–water partition coefficient (Wildman–Crippen LogP) is 2.33. The van der Waals surface area contributed by atoms with E-state index in [1.54, 1.807) is 10.7 Å². The van der Waals surface area contributed by atoms with Gasteiger partial charge in [0.15, 0.2) is 0 Å². The minimum absolute atomic E-state index is 0.0468. The Morgan fingerprint density at radius 1 is 1.40 bits per heavy atom. The summed E-state index contributed by atoms with van der Waals surface area (Å²) in [6.45, 7) is 1.86. The third kappa shape index (κ3) is 1.89. The van der Waals surface area contributed by atoms with Crippen LogP contribution < -0.4 is 0 Å². The van der Waals surface area contributed by atoms with Crippen LogP contribution in [0.3, 0.4) is 0 Å². The van der Waals surface area contributed by atoms with Crippen molar-refractivity contribution in [1.82, 2.24) is 9.78 Å². The Hall–Kier alpha value is -1.32. The number of aliphatic hydroxyl groups excluding tert-OH is 1. The van der Waals surface area contributed by atoms with Crippen molar-refractivity contribution < 1.29 is 5.11 Å². The van der Waals surface area contributed by atoms with Gasteiger partial charge < -0.3 is 5.11 Å². The van der Waals surface area contributed by atoms with E-state index in [1.807, 2.05) is 31.3 Å². The Kier molecular flexibility index (Phi) is 2.75. The molecule has 1 aromatic carbocycles. The fourth-order valence-electron chi connectivity index (χ4n) is 1.48. The number of aryl methyl sites for hydroxylation is 1. The van der Waals surface area contributed by atoms with Gasteiger partial charge in [0.25, 0.3) is 0 Å². The third-order valence-corrected chi connectivity index (χ3v) is 2.50. The molecule has 0 saturated heterocycles. The molecule has 0 aliphatic rings. The summed E-state index contributed by atoms with van der Waals surface area (Å²) in [5.41, 5.74) is 2.43. The normalized spacial score (nSPS) is 10.6. The third-order valence-electron chi connectivity index (χ3n) is 2.19. The quantitative estimate of drug-likeness (QED) is 0.847. The van der Waals surface area contributed by atoms with E-state index in [9.17, 15) is 5.11 Å². The topological polar surface area (TPSA) is 38.0 Å². The summed E-state index contributed by atoms with van der Waals surface area (Å²) >= 11 is 6.08. The number of halogens is 1. The van der Waals surface area contributed by atoms with Crippen molar-refractivity contribution in [1.29, 1.82) is 0 Å². The van der Waals surface area contributed by atoms with Gasteiger partial charge in [-0.2, -0.15) is 5.10 Å². The highest BCUT2D eigenvalue weighted by Crippen LogP contribution is 2.24. The van der Waals surface area contributed by atoms with Crippen LogP contribution in [0, 0.1) is 6.92 Å². The van der Waals surface area contributed by atoms with E-state index in [2.05, 4.69) is 5.10 Å². The molecule has 0 amide bonds. The number of hydrogen-bond donors (Lipinski definition) is 1. The van der Waals surface area contributed by atoms with Gasteiger partial charge >= 0.3 is 0 Å². The molecule has 1 aromatic heterocycles. The van der Waals surface area contributed by atoms with E-state index in [0.29, 0.717) is 5.02 Å². The van der Waals surface area contributed by atoms with E-state index in [4.69, 9.17) is 11.6 Å². The van der Waals surface area contributed by atoms with Gasteiger partial charge in [0.2, 0.25) is 0 Å². The molecule has 2 rings (SSSR count). The highest BCUT2D eigenvalue weighted by molar-refractivity contribution is 6.32. The number of aliphatic hydroxyl groups is 1. The maximum Gasteiger partial charge on any atom is 0.0886 e. The Morgan fingerprint density at radius 2 is 2.20 bits per heavy atom. The standard InChI is InChI=1S/C11H11ClN2O/c1-8-5-6-14(13-8)11-9(7-15)3-2-4-10(11)12/h2-6,15H,7H2,1H3. The first kappa shape index (κ1) is 10.2. The molecule has 78 valence electrons. The zero-order valence-corrected chi connectivity index (χ0v) is 9.07. The Labute approximate surface area is 92.9 Å². The van der Waals surface area contributed by atoms with Crippen LogP contribution in [0.4, 0.5) is 0 Å². The average Bonchev–Trinajstić information content (AvgIpc) is 2.64. The van der Waals surface area contributed by atoms with Crippen LogP contribution in [-0.4, -0.2) is 14.9 Å². The van der Waals surface area contributed by atoms with Crippen molar-refractivity contribution in [3.8, 4) is 5.69 Å².